The molecule has 0 amide bonds. The Labute approximate surface area is 201 Å². The van der Waals surface area contributed by atoms with Crippen LogP contribution in [0.4, 0.5) is 0 Å². The van der Waals surface area contributed by atoms with Gasteiger partial charge in [0.25, 0.3) is 0 Å². The second-order valence-electron chi connectivity index (χ2n) is 15.6. The Balaban J connectivity index is 1.40. The zero-order valence-electron chi connectivity index (χ0n) is 22.3. The summed E-state index contributed by atoms with van der Waals surface area (Å²) in [5.74, 6) is 2.62. The molecule has 5 aliphatic carbocycles. The highest BCUT2D eigenvalue weighted by Gasteiger charge is 2.73. The molecule has 1 heterocycles. The van der Waals surface area contributed by atoms with Crippen molar-refractivity contribution in [3.63, 3.8) is 0 Å². The van der Waals surface area contributed by atoms with E-state index in [1.165, 1.54) is 38.5 Å². The van der Waals surface area contributed by atoms with Crippen molar-refractivity contribution in [1.29, 1.82) is 0 Å². The average molecular weight is 457 g/mol. The summed E-state index contributed by atoms with van der Waals surface area (Å²) in [7, 11) is 0. The van der Waals surface area contributed by atoms with E-state index < -0.39 is 0 Å². The van der Waals surface area contributed by atoms with Gasteiger partial charge in [-0.1, -0.05) is 48.5 Å². The topological polar surface area (TPSA) is 46.5 Å². The van der Waals surface area contributed by atoms with Crippen molar-refractivity contribution < 1.29 is 14.6 Å². The van der Waals surface area contributed by atoms with Crippen LogP contribution in [0.25, 0.3) is 0 Å². The van der Waals surface area contributed by atoms with Gasteiger partial charge in [0.05, 0.1) is 11.5 Å². The van der Waals surface area contributed by atoms with Crippen LogP contribution >= 0.6 is 0 Å². The van der Waals surface area contributed by atoms with Crippen LogP contribution in [0.3, 0.4) is 0 Å². The smallest absolute Gasteiger partial charge is 0.312 e. The van der Waals surface area contributed by atoms with Crippen LogP contribution in [0.15, 0.2) is 0 Å². The summed E-state index contributed by atoms with van der Waals surface area (Å²) in [6, 6.07) is 0. The minimum Gasteiger partial charge on any atom is -0.461 e. The Morgan fingerprint density at radius 3 is 2.21 bits per heavy atom. The molecular weight excluding hydrogens is 408 g/mol. The van der Waals surface area contributed by atoms with Crippen molar-refractivity contribution >= 4 is 5.97 Å². The number of carbonyl (C=O) groups excluding carboxylic acids is 1. The van der Waals surface area contributed by atoms with E-state index >= 15 is 0 Å². The summed E-state index contributed by atoms with van der Waals surface area (Å²) < 4.78 is 6.06. The summed E-state index contributed by atoms with van der Waals surface area (Å²) >= 11 is 0. The first-order chi connectivity index (χ1) is 15.2. The highest BCUT2D eigenvalue weighted by atomic mass is 16.6. The SMILES string of the molecule is CC1(C)CC2C3CCC4C5(C)CCC(O)C(C)(C)C5CCC4(C)C3(C)CCC23CC1OC3=O. The second-order valence-corrected chi connectivity index (χ2v) is 15.6. The number of carbonyl (C=O) groups is 1. The molecule has 6 fully saturated rings. The van der Waals surface area contributed by atoms with Gasteiger partial charge in [0.15, 0.2) is 0 Å². The van der Waals surface area contributed by atoms with Gasteiger partial charge in [0.2, 0.25) is 0 Å². The third kappa shape index (κ3) is 2.50. The Bertz CT molecular complexity index is 876. The molecule has 3 heteroatoms. The summed E-state index contributed by atoms with van der Waals surface area (Å²) in [5.41, 5.74) is 0.867. The monoisotopic (exact) mass is 456 g/mol. The maximum absolute atomic E-state index is 13.3. The molecule has 1 spiro atoms. The van der Waals surface area contributed by atoms with E-state index in [0.29, 0.717) is 34.0 Å². The van der Waals surface area contributed by atoms with E-state index in [1.54, 1.807) is 0 Å². The Kier molecular flexibility index (Phi) is 4.44. The van der Waals surface area contributed by atoms with Crippen molar-refractivity contribution in [2.75, 3.05) is 0 Å². The molecule has 0 aromatic rings. The summed E-state index contributed by atoms with van der Waals surface area (Å²) in [6.07, 6.45) is 11.6. The van der Waals surface area contributed by atoms with Crippen molar-refractivity contribution in [3.05, 3.63) is 0 Å². The van der Waals surface area contributed by atoms with Crippen molar-refractivity contribution in [3.8, 4) is 0 Å². The number of aliphatic hydroxyl groups excluding tert-OH is 1. The van der Waals surface area contributed by atoms with E-state index in [4.69, 9.17) is 4.74 Å². The average Bonchev–Trinajstić information content (AvgIpc) is 3.03. The standard InChI is InChI=1S/C30H48O3/c1-25(2)16-19-18-8-9-21-27(5)12-11-22(31)26(3,4)20(27)10-13-29(21,7)28(18,6)14-15-30(19)17-23(25)33-24(30)32/h18-23,31H,8-17H2,1-7H3. The van der Waals surface area contributed by atoms with Crippen LogP contribution < -0.4 is 0 Å². The molecule has 186 valence electrons. The van der Waals surface area contributed by atoms with Crippen molar-refractivity contribution in [2.24, 2.45) is 56.2 Å². The van der Waals surface area contributed by atoms with Crippen LogP contribution in [-0.4, -0.2) is 23.3 Å². The largest absolute Gasteiger partial charge is 0.461 e. The Morgan fingerprint density at radius 1 is 0.758 bits per heavy atom. The highest BCUT2D eigenvalue weighted by Crippen LogP contribution is 2.77. The molecule has 10 atom stereocenters. The summed E-state index contributed by atoms with van der Waals surface area (Å²) in [6.45, 7) is 17.3. The number of aliphatic hydroxyl groups is 1. The quantitative estimate of drug-likeness (QED) is 0.409. The fraction of sp³-hybridized carbons (Fsp3) is 0.967. The molecular formula is C30H48O3. The molecule has 3 nitrogen and oxygen atoms in total. The third-order valence-electron chi connectivity index (χ3n) is 14.0. The first kappa shape index (κ1) is 22.9. The van der Waals surface area contributed by atoms with Gasteiger partial charge in [-0.2, -0.15) is 0 Å². The Hall–Kier alpha value is -0.570. The first-order valence-corrected chi connectivity index (χ1v) is 14.1. The molecule has 5 saturated carbocycles. The maximum atomic E-state index is 13.3. The normalized spacial score (nSPS) is 58.4. The lowest BCUT2D eigenvalue weighted by molar-refractivity contribution is -0.250. The van der Waals surface area contributed by atoms with Crippen LogP contribution in [0.5, 0.6) is 0 Å². The molecule has 1 saturated heterocycles. The van der Waals surface area contributed by atoms with Gasteiger partial charge in [-0.25, -0.2) is 0 Å². The van der Waals surface area contributed by atoms with Gasteiger partial charge >= 0.3 is 5.97 Å². The molecule has 6 aliphatic rings. The van der Waals surface area contributed by atoms with Crippen molar-refractivity contribution in [1.82, 2.24) is 0 Å². The highest BCUT2D eigenvalue weighted by molar-refractivity contribution is 5.80. The molecule has 6 rings (SSSR count). The van der Waals surface area contributed by atoms with E-state index in [9.17, 15) is 9.90 Å². The maximum Gasteiger partial charge on any atom is 0.312 e. The van der Waals surface area contributed by atoms with Gasteiger partial charge in [0.1, 0.15) is 6.10 Å². The minimum atomic E-state index is -0.189. The lowest BCUT2D eigenvalue weighted by atomic mass is 9.31. The summed E-state index contributed by atoms with van der Waals surface area (Å²) in [5, 5.41) is 10.9. The molecule has 1 N–H and O–H groups in total. The number of fused-ring (bicyclic) bond motifs is 7. The second kappa shape index (κ2) is 6.40. The fourth-order valence-electron chi connectivity index (χ4n) is 11.8. The van der Waals surface area contributed by atoms with Gasteiger partial charge in [-0.05, 0) is 103 Å². The van der Waals surface area contributed by atoms with E-state index in [-0.39, 0.29) is 34.4 Å². The third-order valence-corrected chi connectivity index (χ3v) is 14.0. The van der Waals surface area contributed by atoms with Gasteiger partial charge in [-0.3, -0.25) is 4.79 Å². The molecule has 0 aromatic heterocycles. The van der Waals surface area contributed by atoms with Crippen molar-refractivity contribution in [2.45, 2.75) is 125 Å². The minimum absolute atomic E-state index is 0.0126. The first-order valence-electron chi connectivity index (χ1n) is 14.1. The predicted octanol–water partition coefficient (Wildman–Crippen LogP) is 6.76. The number of hydrogen-bond donors (Lipinski definition) is 1. The van der Waals surface area contributed by atoms with Gasteiger partial charge in [0, 0.05) is 11.8 Å². The van der Waals surface area contributed by atoms with Crippen LogP contribution in [0.1, 0.15) is 113 Å². The van der Waals surface area contributed by atoms with E-state index in [1.807, 2.05) is 0 Å². The molecule has 0 aromatic carbocycles. The number of esters is 1. The molecule has 10 unspecified atom stereocenters. The van der Waals surface area contributed by atoms with Gasteiger partial charge in [-0.15, -0.1) is 0 Å². The lowest BCUT2D eigenvalue weighted by Gasteiger charge is -2.73. The van der Waals surface area contributed by atoms with Gasteiger partial charge < -0.3 is 9.84 Å². The van der Waals surface area contributed by atoms with Crippen LogP contribution in [0.2, 0.25) is 0 Å². The zero-order valence-corrected chi connectivity index (χ0v) is 22.3. The Morgan fingerprint density at radius 2 is 1.48 bits per heavy atom. The molecule has 0 radical (unpaired) electrons. The molecule has 33 heavy (non-hydrogen) atoms. The fourth-order valence-corrected chi connectivity index (χ4v) is 11.8. The molecule has 1 aliphatic heterocycles. The van der Waals surface area contributed by atoms with E-state index in [0.717, 1.165) is 31.6 Å². The lowest BCUT2D eigenvalue weighted by Crippen LogP contribution is -2.67. The molecule has 2 bridgehead atoms. The van der Waals surface area contributed by atoms with Crippen LogP contribution in [0, 0.1) is 56.2 Å². The van der Waals surface area contributed by atoms with E-state index in [2.05, 4.69) is 48.5 Å². The zero-order chi connectivity index (χ0) is 23.8. The predicted molar refractivity (Wildman–Crippen MR) is 130 cm³/mol. The number of rotatable bonds is 0. The number of ether oxygens (including phenoxy) is 1. The summed E-state index contributed by atoms with van der Waals surface area (Å²) in [4.78, 5) is 13.3. The van der Waals surface area contributed by atoms with Crippen LogP contribution in [-0.2, 0) is 9.53 Å². The number of hydrogen-bond acceptors (Lipinski definition) is 3.